The van der Waals surface area contributed by atoms with E-state index in [2.05, 4.69) is 40.6 Å². The molecule has 1 heterocycles. The van der Waals surface area contributed by atoms with Crippen molar-refractivity contribution in [1.29, 1.82) is 0 Å². The van der Waals surface area contributed by atoms with Crippen LogP contribution in [-0.2, 0) is 13.2 Å². The molecule has 3 rings (SSSR count). The number of ether oxygens (including phenoxy) is 1. The van der Waals surface area contributed by atoms with Gasteiger partial charge in [-0.3, -0.25) is 0 Å². The van der Waals surface area contributed by atoms with E-state index < -0.39 is 0 Å². The molecule has 1 N–H and O–H groups in total. The smallest absolute Gasteiger partial charge is 0.131 e. The number of fused-ring (bicyclic) bond motifs is 1. The Kier molecular flexibility index (Phi) is 3.95. The number of aromatic nitrogens is 1. The van der Waals surface area contributed by atoms with Crippen LogP contribution in [0.1, 0.15) is 11.3 Å². The molecule has 0 atom stereocenters. The van der Waals surface area contributed by atoms with Gasteiger partial charge in [-0.2, -0.15) is 0 Å². The first-order valence-electron chi connectivity index (χ1n) is 6.53. The Labute approximate surface area is 122 Å². The third kappa shape index (κ3) is 2.66. The van der Waals surface area contributed by atoms with Crippen molar-refractivity contribution in [3.63, 3.8) is 0 Å². The van der Waals surface area contributed by atoms with Gasteiger partial charge in [0.25, 0.3) is 0 Å². The first kappa shape index (κ1) is 13.1. The summed E-state index contributed by atoms with van der Waals surface area (Å²) in [6.45, 7) is 1.30. The molecule has 4 heteroatoms. The molecule has 3 nitrogen and oxygen atoms in total. The first-order valence-corrected chi connectivity index (χ1v) is 7.48. The lowest BCUT2D eigenvalue weighted by atomic mass is 10.0. The molecule has 0 unspecified atom stereocenters. The van der Waals surface area contributed by atoms with E-state index in [4.69, 9.17) is 4.74 Å². The first-order chi connectivity index (χ1) is 9.88. The molecule has 0 aliphatic carbocycles. The largest absolute Gasteiger partial charge is 0.487 e. The molecule has 0 bridgehead atoms. The van der Waals surface area contributed by atoms with Crippen molar-refractivity contribution in [2.45, 2.75) is 13.2 Å². The van der Waals surface area contributed by atoms with Crippen LogP contribution < -0.4 is 10.1 Å². The molecule has 0 spiro atoms. The van der Waals surface area contributed by atoms with Crippen LogP contribution >= 0.6 is 11.3 Å². The number of nitrogens with zero attached hydrogens (tertiary/aromatic N) is 1. The highest BCUT2D eigenvalue weighted by Crippen LogP contribution is 2.28. The molecule has 102 valence electrons. The SMILES string of the molecule is CNCc1c(OCc2cscn2)ccc2ccccc12. The molecule has 0 aliphatic rings. The van der Waals surface area contributed by atoms with Gasteiger partial charge < -0.3 is 10.1 Å². The molecule has 20 heavy (non-hydrogen) atoms. The quantitative estimate of drug-likeness (QED) is 0.777. The van der Waals surface area contributed by atoms with Gasteiger partial charge in [0.05, 0.1) is 11.2 Å². The van der Waals surface area contributed by atoms with E-state index >= 15 is 0 Å². The van der Waals surface area contributed by atoms with Crippen molar-refractivity contribution in [3.05, 3.63) is 58.5 Å². The molecule has 0 amide bonds. The summed E-state index contributed by atoms with van der Waals surface area (Å²) >= 11 is 1.59. The van der Waals surface area contributed by atoms with Gasteiger partial charge in [-0.25, -0.2) is 4.98 Å². The van der Waals surface area contributed by atoms with Gasteiger partial charge >= 0.3 is 0 Å². The van der Waals surface area contributed by atoms with E-state index in [9.17, 15) is 0 Å². The zero-order valence-corrected chi connectivity index (χ0v) is 12.1. The molecule has 0 radical (unpaired) electrons. The number of hydrogen-bond acceptors (Lipinski definition) is 4. The predicted octanol–water partition coefficient (Wildman–Crippen LogP) is 3.59. The van der Waals surface area contributed by atoms with Crippen LogP contribution in [0.15, 0.2) is 47.3 Å². The minimum absolute atomic E-state index is 0.512. The van der Waals surface area contributed by atoms with Crippen molar-refractivity contribution in [2.75, 3.05) is 7.05 Å². The number of hydrogen-bond donors (Lipinski definition) is 1. The van der Waals surface area contributed by atoms with Crippen LogP contribution in [0.25, 0.3) is 10.8 Å². The summed E-state index contributed by atoms with van der Waals surface area (Å²) in [5.41, 5.74) is 3.99. The molecule has 0 fully saturated rings. The van der Waals surface area contributed by atoms with Crippen molar-refractivity contribution in [2.24, 2.45) is 0 Å². The van der Waals surface area contributed by atoms with Crippen molar-refractivity contribution >= 4 is 22.1 Å². The molecule has 3 aromatic rings. The predicted molar refractivity (Wildman–Crippen MR) is 83.2 cm³/mol. The summed E-state index contributed by atoms with van der Waals surface area (Å²) in [6, 6.07) is 12.5. The van der Waals surface area contributed by atoms with Crippen molar-refractivity contribution in [1.82, 2.24) is 10.3 Å². The number of rotatable bonds is 5. The van der Waals surface area contributed by atoms with Crippen LogP contribution in [0.4, 0.5) is 0 Å². The van der Waals surface area contributed by atoms with Crippen LogP contribution in [-0.4, -0.2) is 12.0 Å². The molecule has 0 aliphatic heterocycles. The fraction of sp³-hybridized carbons (Fsp3) is 0.188. The monoisotopic (exact) mass is 284 g/mol. The van der Waals surface area contributed by atoms with Gasteiger partial charge in [0.1, 0.15) is 12.4 Å². The van der Waals surface area contributed by atoms with Gasteiger partial charge in [-0.15, -0.1) is 11.3 Å². The maximum Gasteiger partial charge on any atom is 0.131 e. The second kappa shape index (κ2) is 6.03. The normalized spacial score (nSPS) is 10.8. The van der Waals surface area contributed by atoms with E-state index in [0.29, 0.717) is 6.61 Å². The van der Waals surface area contributed by atoms with Gasteiger partial charge in [-0.1, -0.05) is 30.3 Å². The lowest BCUT2D eigenvalue weighted by Gasteiger charge is -2.13. The highest BCUT2D eigenvalue weighted by molar-refractivity contribution is 7.07. The zero-order chi connectivity index (χ0) is 13.8. The highest BCUT2D eigenvalue weighted by atomic mass is 32.1. The Bertz CT molecular complexity index is 695. The standard InChI is InChI=1S/C16H16N2OS/c1-17-8-15-14-5-3-2-4-12(14)6-7-16(15)19-9-13-10-20-11-18-13/h2-7,10-11,17H,8-9H2,1H3. The van der Waals surface area contributed by atoms with E-state index in [-0.39, 0.29) is 0 Å². The maximum absolute atomic E-state index is 5.95. The van der Waals surface area contributed by atoms with Crippen molar-refractivity contribution in [3.8, 4) is 5.75 Å². The van der Waals surface area contributed by atoms with E-state index in [1.165, 1.54) is 16.3 Å². The summed E-state index contributed by atoms with van der Waals surface area (Å²) in [5, 5.41) is 7.70. The Hall–Kier alpha value is -1.91. The van der Waals surface area contributed by atoms with Crippen LogP contribution in [0.5, 0.6) is 5.75 Å². The fourth-order valence-corrected chi connectivity index (χ4v) is 2.81. The lowest BCUT2D eigenvalue weighted by molar-refractivity contribution is 0.299. The Morgan fingerprint density at radius 3 is 2.90 bits per heavy atom. The summed E-state index contributed by atoms with van der Waals surface area (Å²) < 4.78 is 5.95. The Balaban J connectivity index is 1.94. The number of nitrogens with one attached hydrogen (secondary N) is 1. The highest BCUT2D eigenvalue weighted by Gasteiger charge is 2.08. The van der Waals surface area contributed by atoms with E-state index in [1.54, 1.807) is 11.3 Å². The maximum atomic E-state index is 5.95. The average Bonchev–Trinajstić information content (AvgIpc) is 3.00. The Morgan fingerprint density at radius 1 is 1.20 bits per heavy atom. The van der Waals surface area contributed by atoms with Gasteiger partial charge in [0.15, 0.2) is 0 Å². The molecular formula is C16H16N2OS. The summed E-state index contributed by atoms with van der Waals surface area (Å²) in [5.74, 6) is 0.922. The van der Waals surface area contributed by atoms with Gasteiger partial charge in [0, 0.05) is 17.5 Å². The third-order valence-electron chi connectivity index (χ3n) is 3.21. The molecule has 1 aromatic heterocycles. The lowest BCUT2D eigenvalue weighted by Crippen LogP contribution is -2.08. The van der Waals surface area contributed by atoms with Crippen LogP contribution in [0, 0.1) is 0 Å². The number of benzene rings is 2. The van der Waals surface area contributed by atoms with Crippen molar-refractivity contribution < 1.29 is 4.74 Å². The summed E-state index contributed by atoms with van der Waals surface area (Å²) in [4.78, 5) is 4.25. The minimum Gasteiger partial charge on any atom is -0.487 e. The zero-order valence-electron chi connectivity index (χ0n) is 11.3. The van der Waals surface area contributed by atoms with Crippen LogP contribution in [0.3, 0.4) is 0 Å². The van der Waals surface area contributed by atoms with Gasteiger partial charge in [-0.05, 0) is 23.9 Å². The molecule has 2 aromatic carbocycles. The second-order valence-electron chi connectivity index (χ2n) is 4.56. The third-order valence-corrected chi connectivity index (χ3v) is 3.85. The number of thiazole rings is 1. The summed E-state index contributed by atoms with van der Waals surface area (Å²) in [6.07, 6.45) is 0. The molecular weight excluding hydrogens is 268 g/mol. The molecule has 0 saturated heterocycles. The Morgan fingerprint density at radius 2 is 2.10 bits per heavy atom. The topological polar surface area (TPSA) is 34.1 Å². The van der Waals surface area contributed by atoms with E-state index in [0.717, 1.165) is 18.0 Å². The minimum atomic E-state index is 0.512. The van der Waals surface area contributed by atoms with Gasteiger partial charge in [0.2, 0.25) is 0 Å². The average molecular weight is 284 g/mol. The van der Waals surface area contributed by atoms with E-state index in [1.807, 2.05) is 24.0 Å². The van der Waals surface area contributed by atoms with Crippen LogP contribution in [0.2, 0.25) is 0 Å². The second-order valence-corrected chi connectivity index (χ2v) is 5.28. The summed E-state index contributed by atoms with van der Waals surface area (Å²) in [7, 11) is 1.95. The molecule has 0 saturated carbocycles. The fourth-order valence-electron chi connectivity index (χ4n) is 2.27.